The molecule has 0 saturated carbocycles. The van der Waals surface area contributed by atoms with E-state index in [9.17, 15) is 9.59 Å². The molecule has 0 aromatic heterocycles. The van der Waals surface area contributed by atoms with Gasteiger partial charge in [0.1, 0.15) is 0 Å². The summed E-state index contributed by atoms with van der Waals surface area (Å²) in [6, 6.07) is 6.85. The largest absolute Gasteiger partial charge is 0.379 e. The van der Waals surface area contributed by atoms with E-state index in [0.29, 0.717) is 90.3 Å². The molecule has 34 heavy (non-hydrogen) atoms. The molecule has 2 amide bonds. The van der Waals surface area contributed by atoms with Gasteiger partial charge in [-0.15, -0.1) is 0 Å². The Morgan fingerprint density at radius 2 is 1.00 bits per heavy atom. The van der Waals surface area contributed by atoms with Gasteiger partial charge in [-0.2, -0.15) is 0 Å². The molecule has 10 nitrogen and oxygen atoms in total. The average molecular weight is 485 g/mol. The van der Waals surface area contributed by atoms with E-state index in [1.165, 1.54) is 4.90 Å². The van der Waals surface area contributed by atoms with Crippen molar-refractivity contribution in [2.75, 3.05) is 92.4 Å². The molecule has 1 aliphatic heterocycles. The molecule has 0 aliphatic carbocycles. The zero-order valence-corrected chi connectivity index (χ0v) is 20.5. The molecule has 1 aliphatic rings. The molecule has 0 bridgehead atoms. The number of carbonyl (C=O) groups excluding carboxylic acids is 2. The number of hydrogen-bond donors (Lipinski definition) is 1. The van der Waals surface area contributed by atoms with Gasteiger partial charge < -0.3 is 34.2 Å². The van der Waals surface area contributed by atoms with Crippen molar-refractivity contribution in [1.29, 1.82) is 0 Å². The summed E-state index contributed by atoms with van der Waals surface area (Å²) in [5.41, 5.74) is 6.15. The van der Waals surface area contributed by atoms with E-state index < -0.39 is 0 Å². The fourth-order valence-corrected chi connectivity index (χ4v) is 2.85. The molecule has 0 unspecified atom stereocenters. The first-order valence-corrected chi connectivity index (χ1v) is 11.8. The molecule has 2 rings (SSSR count). The van der Waals surface area contributed by atoms with Crippen LogP contribution in [0.3, 0.4) is 0 Å². The zero-order chi connectivity index (χ0) is 24.9. The minimum Gasteiger partial charge on any atom is -0.379 e. The SMILES string of the molecule is CCOCCOCCOCCN.CCOCCOCCOCCN1C(=O)c2ccccc2C1=O. The van der Waals surface area contributed by atoms with Gasteiger partial charge in [-0.1, -0.05) is 12.1 Å². The first kappa shape index (κ1) is 30.1. The van der Waals surface area contributed by atoms with Crippen LogP contribution in [0.4, 0.5) is 0 Å². The lowest BCUT2D eigenvalue weighted by molar-refractivity contribution is 0.0132. The van der Waals surface area contributed by atoms with Gasteiger partial charge in [0.25, 0.3) is 11.8 Å². The van der Waals surface area contributed by atoms with Gasteiger partial charge in [0, 0.05) is 19.8 Å². The number of fused-ring (bicyclic) bond motifs is 1. The van der Waals surface area contributed by atoms with Crippen molar-refractivity contribution in [2.24, 2.45) is 5.73 Å². The Morgan fingerprint density at radius 3 is 1.41 bits per heavy atom. The molecule has 1 heterocycles. The molecule has 0 spiro atoms. The van der Waals surface area contributed by atoms with Gasteiger partial charge in [0.05, 0.1) is 83.7 Å². The van der Waals surface area contributed by atoms with Gasteiger partial charge in [-0.05, 0) is 26.0 Å². The molecule has 0 atom stereocenters. The Bertz CT molecular complexity index is 629. The number of ether oxygens (including phenoxy) is 6. The van der Waals surface area contributed by atoms with Crippen LogP contribution in [0.5, 0.6) is 0 Å². The molecule has 0 radical (unpaired) electrons. The van der Waals surface area contributed by atoms with Crippen LogP contribution in [0.1, 0.15) is 34.6 Å². The summed E-state index contributed by atoms with van der Waals surface area (Å²) < 4.78 is 31.2. The number of carbonyl (C=O) groups is 2. The summed E-state index contributed by atoms with van der Waals surface area (Å²) in [4.78, 5) is 25.4. The number of nitrogens with zero attached hydrogens (tertiary/aromatic N) is 1. The van der Waals surface area contributed by atoms with E-state index in [1.807, 2.05) is 13.8 Å². The molecule has 2 N–H and O–H groups in total. The second-order valence-electron chi connectivity index (χ2n) is 6.94. The normalized spacial score (nSPS) is 12.6. The summed E-state index contributed by atoms with van der Waals surface area (Å²) >= 11 is 0. The van der Waals surface area contributed by atoms with Crippen LogP contribution in [0.15, 0.2) is 24.3 Å². The quantitative estimate of drug-likeness (QED) is 0.229. The first-order valence-electron chi connectivity index (χ1n) is 11.8. The smallest absolute Gasteiger partial charge is 0.261 e. The third-order valence-electron chi connectivity index (χ3n) is 4.50. The lowest BCUT2D eigenvalue weighted by Gasteiger charge is -2.13. The summed E-state index contributed by atoms with van der Waals surface area (Å²) in [6.45, 7) is 11.6. The standard InChI is InChI=1S/C16H21NO5.C8H19NO3/c1-2-20-9-10-22-12-11-21-8-7-17-15(18)13-5-3-4-6-14(13)16(17)19;1-2-10-5-6-12-8-7-11-4-3-9/h3-6H,2,7-12H2,1H3;2-9H2,1H3. The van der Waals surface area contributed by atoms with E-state index in [-0.39, 0.29) is 18.4 Å². The predicted octanol–water partition coefficient (Wildman–Crippen LogP) is 1.37. The van der Waals surface area contributed by atoms with Crippen molar-refractivity contribution >= 4 is 11.8 Å². The highest BCUT2D eigenvalue weighted by Gasteiger charge is 2.34. The molecule has 1 aromatic carbocycles. The maximum Gasteiger partial charge on any atom is 0.261 e. The number of rotatable bonds is 19. The highest BCUT2D eigenvalue weighted by atomic mass is 16.5. The summed E-state index contributed by atoms with van der Waals surface area (Å²) in [5, 5.41) is 0. The van der Waals surface area contributed by atoms with Crippen LogP contribution < -0.4 is 5.73 Å². The maximum atomic E-state index is 12.1. The molecule has 1 aromatic rings. The topological polar surface area (TPSA) is 119 Å². The van der Waals surface area contributed by atoms with E-state index in [1.54, 1.807) is 24.3 Å². The van der Waals surface area contributed by atoms with Crippen LogP contribution in [0, 0.1) is 0 Å². The summed E-state index contributed by atoms with van der Waals surface area (Å²) in [5.74, 6) is -0.505. The third-order valence-corrected chi connectivity index (χ3v) is 4.50. The van der Waals surface area contributed by atoms with Crippen LogP contribution in [0.2, 0.25) is 0 Å². The first-order chi connectivity index (χ1) is 16.7. The number of imide groups is 1. The van der Waals surface area contributed by atoms with Crippen LogP contribution in [-0.2, 0) is 28.4 Å². The number of amides is 2. The Balaban J connectivity index is 0.000000411. The Kier molecular flexibility index (Phi) is 18.1. The Hall–Kier alpha value is -1.92. The highest BCUT2D eigenvalue weighted by molar-refractivity contribution is 6.21. The minimum atomic E-state index is -0.253. The third kappa shape index (κ3) is 12.5. The highest BCUT2D eigenvalue weighted by Crippen LogP contribution is 2.21. The van der Waals surface area contributed by atoms with E-state index >= 15 is 0 Å². The van der Waals surface area contributed by atoms with Crippen molar-refractivity contribution < 1.29 is 38.0 Å². The van der Waals surface area contributed by atoms with Gasteiger partial charge in [0.15, 0.2) is 0 Å². The average Bonchev–Trinajstić information content (AvgIpc) is 3.10. The molecule has 194 valence electrons. The molecule has 0 fully saturated rings. The lowest BCUT2D eigenvalue weighted by atomic mass is 10.1. The zero-order valence-electron chi connectivity index (χ0n) is 20.5. The van der Waals surface area contributed by atoms with Gasteiger partial charge >= 0.3 is 0 Å². The Labute approximate surface area is 202 Å². The monoisotopic (exact) mass is 484 g/mol. The fourth-order valence-electron chi connectivity index (χ4n) is 2.85. The van der Waals surface area contributed by atoms with Crippen molar-refractivity contribution in [3.05, 3.63) is 35.4 Å². The number of nitrogens with two attached hydrogens (primary N) is 1. The van der Waals surface area contributed by atoms with Crippen molar-refractivity contribution in [3.8, 4) is 0 Å². The number of hydrogen-bond acceptors (Lipinski definition) is 9. The fraction of sp³-hybridized carbons (Fsp3) is 0.667. The van der Waals surface area contributed by atoms with Crippen molar-refractivity contribution in [1.82, 2.24) is 4.90 Å². The molecular formula is C24H40N2O8. The predicted molar refractivity (Wildman–Crippen MR) is 127 cm³/mol. The molecule has 10 heteroatoms. The molecular weight excluding hydrogens is 444 g/mol. The van der Waals surface area contributed by atoms with Crippen LogP contribution >= 0.6 is 0 Å². The lowest BCUT2D eigenvalue weighted by Crippen LogP contribution is -2.33. The van der Waals surface area contributed by atoms with Crippen molar-refractivity contribution in [3.63, 3.8) is 0 Å². The second-order valence-corrected chi connectivity index (χ2v) is 6.94. The van der Waals surface area contributed by atoms with Gasteiger partial charge in [-0.3, -0.25) is 14.5 Å². The van der Waals surface area contributed by atoms with E-state index in [4.69, 9.17) is 34.2 Å². The summed E-state index contributed by atoms with van der Waals surface area (Å²) in [7, 11) is 0. The van der Waals surface area contributed by atoms with Gasteiger partial charge in [-0.25, -0.2) is 0 Å². The Morgan fingerprint density at radius 1 is 0.618 bits per heavy atom. The van der Waals surface area contributed by atoms with Crippen LogP contribution in [0.25, 0.3) is 0 Å². The summed E-state index contributed by atoms with van der Waals surface area (Å²) in [6.07, 6.45) is 0. The van der Waals surface area contributed by atoms with E-state index in [2.05, 4.69) is 0 Å². The van der Waals surface area contributed by atoms with Crippen LogP contribution in [-0.4, -0.2) is 109 Å². The van der Waals surface area contributed by atoms with E-state index in [0.717, 1.165) is 6.61 Å². The second kappa shape index (κ2) is 20.5. The van der Waals surface area contributed by atoms with Gasteiger partial charge in [0.2, 0.25) is 0 Å². The number of benzene rings is 1. The maximum absolute atomic E-state index is 12.1. The minimum absolute atomic E-state index is 0.253. The molecule has 0 saturated heterocycles. The van der Waals surface area contributed by atoms with Crippen molar-refractivity contribution in [2.45, 2.75) is 13.8 Å².